The first kappa shape index (κ1) is 13.6. The van der Waals surface area contributed by atoms with Gasteiger partial charge < -0.3 is 5.32 Å². The predicted molar refractivity (Wildman–Crippen MR) is 80.7 cm³/mol. The molecule has 1 aromatic carbocycles. The lowest BCUT2D eigenvalue weighted by molar-refractivity contribution is 0.0914. The molecule has 3 rings (SSSR count). The Morgan fingerprint density at radius 3 is 2.90 bits per heavy atom. The average molecular weight is 291 g/mol. The monoisotopic (exact) mass is 291 g/mol. The van der Waals surface area contributed by atoms with Crippen molar-refractivity contribution >= 4 is 27.3 Å². The highest BCUT2D eigenvalue weighted by molar-refractivity contribution is 7.20. The van der Waals surface area contributed by atoms with Crippen molar-refractivity contribution in [3.05, 3.63) is 35.0 Å². The number of rotatable bonds is 2. The van der Waals surface area contributed by atoms with Crippen LogP contribution < -0.4 is 5.32 Å². The van der Waals surface area contributed by atoms with E-state index in [1.54, 1.807) is 12.1 Å². The van der Waals surface area contributed by atoms with E-state index in [9.17, 15) is 9.18 Å². The van der Waals surface area contributed by atoms with Gasteiger partial charge in [-0.15, -0.1) is 11.3 Å². The molecule has 20 heavy (non-hydrogen) atoms. The minimum absolute atomic E-state index is 0.0654. The van der Waals surface area contributed by atoms with Crippen molar-refractivity contribution < 1.29 is 9.18 Å². The molecule has 2 aromatic rings. The summed E-state index contributed by atoms with van der Waals surface area (Å²) < 4.78 is 14.5. The number of benzene rings is 1. The summed E-state index contributed by atoms with van der Waals surface area (Å²) in [5.41, 5.74) is 0. The van der Waals surface area contributed by atoms with Gasteiger partial charge in [0, 0.05) is 16.1 Å². The van der Waals surface area contributed by atoms with Crippen LogP contribution in [-0.2, 0) is 0 Å². The summed E-state index contributed by atoms with van der Waals surface area (Å²) in [6, 6.07) is 6.88. The molecule has 1 aromatic heterocycles. The van der Waals surface area contributed by atoms with E-state index in [4.69, 9.17) is 0 Å². The van der Waals surface area contributed by atoms with E-state index in [1.165, 1.54) is 36.7 Å². The maximum atomic E-state index is 13.7. The molecule has 1 fully saturated rings. The summed E-state index contributed by atoms with van der Waals surface area (Å²) in [6.07, 6.45) is 4.65. The first-order valence-corrected chi connectivity index (χ1v) is 7.96. The molecule has 0 bridgehead atoms. The van der Waals surface area contributed by atoms with Gasteiger partial charge in [-0.05, 0) is 37.0 Å². The number of halogens is 1. The molecule has 1 saturated carbocycles. The average Bonchev–Trinajstić information content (AvgIpc) is 2.87. The Bertz CT molecular complexity index is 636. The summed E-state index contributed by atoms with van der Waals surface area (Å²) in [6.45, 7) is 2.19. The third-order valence-corrected chi connectivity index (χ3v) is 5.26. The number of hydrogen-bond donors (Lipinski definition) is 1. The fourth-order valence-corrected chi connectivity index (χ4v) is 3.89. The summed E-state index contributed by atoms with van der Waals surface area (Å²) >= 11 is 1.36. The van der Waals surface area contributed by atoms with Crippen LogP contribution in [0.15, 0.2) is 24.3 Å². The standard InChI is InChI=1S/C16H18FNOS/c1-10-5-2-3-7-13(10)18-16(19)15-9-11-12(17)6-4-8-14(11)20-15/h4,6,8-10,13H,2-3,5,7H2,1H3,(H,18,19). The van der Waals surface area contributed by atoms with Gasteiger partial charge >= 0.3 is 0 Å². The molecule has 1 heterocycles. The smallest absolute Gasteiger partial charge is 0.261 e. The van der Waals surface area contributed by atoms with Gasteiger partial charge in [-0.1, -0.05) is 25.8 Å². The van der Waals surface area contributed by atoms with Crippen molar-refractivity contribution in [1.82, 2.24) is 5.32 Å². The van der Waals surface area contributed by atoms with Crippen molar-refractivity contribution in [2.75, 3.05) is 0 Å². The molecule has 1 aliphatic rings. The molecule has 0 aliphatic heterocycles. The van der Waals surface area contributed by atoms with Crippen molar-refractivity contribution in [3.63, 3.8) is 0 Å². The number of fused-ring (bicyclic) bond motifs is 1. The van der Waals surface area contributed by atoms with Crippen molar-refractivity contribution in [3.8, 4) is 0 Å². The van der Waals surface area contributed by atoms with Crippen LogP contribution in [0.5, 0.6) is 0 Å². The van der Waals surface area contributed by atoms with Crippen LogP contribution in [-0.4, -0.2) is 11.9 Å². The molecule has 0 saturated heterocycles. The van der Waals surface area contributed by atoms with Crippen molar-refractivity contribution in [2.45, 2.75) is 38.6 Å². The Morgan fingerprint density at radius 2 is 2.15 bits per heavy atom. The lowest BCUT2D eigenvalue weighted by Crippen LogP contribution is -2.40. The molecule has 106 valence electrons. The first-order valence-electron chi connectivity index (χ1n) is 7.14. The van der Waals surface area contributed by atoms with Crippen LogP contribution in [0.3, 0.4) is 0 Å². The Kier molecular flexibility index (Phi) is 3.74. The highest BCUT2D eigenvalue weighted by Gasteiger charge is 2.24. The maximum absolute atomic E-state index is 13.7. The summed E-state index contributed by atoms with van der Waals surface area (Å²) in [5, 5.41) is 3.66. The van der Waals surface area contributed by atoms with Crippen LogP contribution >= 0.6 is 11.3 Å². The van der Waals surface area contributed by atoms with E-state index in [0.29, 0.717) is 16.2 Å². The molecular formula is C16H18FNOS. The highest BCUT2D eigenvalue weighted by Crippen LogP contribution is 2.29. The summed E-state index contributed by atoms with van der Waals surface area (Å²) in [7, 11) is 0. The van der Waals surface area contributed by atoms with E-state index in [2.05, 4.69) is 12.2 Å². The highest BCUT2D eigenvalue weighted by atomic mass is 32.1. The Morgan fingerprint density at radius 1 is 1.35 bits per heavy atom. The zero-order chi connectivity index (χ0) is 14.1. The molecule has 2 atom stereocenters. The SMILES string of the molecule is CC1CCCCC1NC(=O)c1cc2c(F)cccc2s1. The molecule has 2 unspecified atom stereocenters. The molecule has 1 amide bonds. The largest absolute Gasteiger partial charge is 0.348 e. The van der Waals surface area contributed by atoms with Crippen molar-refractivity contribution in [2.24, 2.45) is 5.92 Å². The second kappa shape index (κ2) is 5.52. The zero-order valence-corrected chi connectivity index (χ0v) is 12.3. The molecule has 2 nitrogen and oxygen atoms in total. The Labute approximate surface area is 122 Å². The van der Waals surface area contributed by atoms with E-state index in [1.807, 2.05) is 6.07 Å². The number of nitrogens with one attached hydrogen (secondary N) is 1. The zero-order valence-electron chi connectivity index (χ0n) is 11.5. The number of amides is 1. The minimum Gasteiger partial charge on any atom is -0.348 e. The molecule has 1 aliphatic carbocycles. The number of carbonyl (C=O) groups is 1. The second-order valence-corrected chi connectivity index (χ2v) is 6.69. The lowest BCUT2D eigenvalue weighted by Gasteiger charge is -2.29. The van der Waals surface area contributed by atoms with E-state index in [0.717, 1.165) is 11.1 Å². The van der Waals surface area contributed by atoms with Gasteiger partial charge in [-0.2, -0.15) is 0 Å². The van der Waals surface area contributed by atoms with Gasteiger partial charge in [-0.25, -0.2) is 4.39 Å². The quantitative estimate of drug-likeness (QED) is 0.875. The van der Waals surface area contributed by atoms with Crippen LogP contribution in [0, 0.1) is 11.7 Å². The van der Waals surface area contributed by atoms with Gasteiger partial charge in [0.05, 0.1) is 4.88 Å². The van der Waals surface area contributed by atoms with Crippen LogP contribution in [0.4, 0.5) is 4.39 Å². The van der Waals surface area contributed by atoms with E-state index >= 15 is 0 Å². The third kappa shape index (κ3) is 2.57. The number of thiophene rings is 1. The van der Waals surface area contributed by atoms with Gasteiger partial charge in [0.1, 0.15) is 5.82 Å². The van der Waals surface area contributed by atoms with Gasteiger partial charge in [0.25, 0.3) is 5.91 Å². The van der Waals surface area contributed by atoms with E-state index < -0.39 is 0 Å². The second-order valence-electron chi connectivity index (χ2n) is 5.60. The van der Waals surface area contributed by atoms with Crippen LogP contribution in [0.1, 0.15) is 42.3 Å². The topological polar surface area (TPSA) is 29.1 Å². The Balaban J connectivity index is 1.80. The molecule has 0 spiro atoms. The van der Waals surface area contributed by atoms with Gasteiger partial charge in [0.15, 0.2) is 0 Å². The first-order chi connectivity index (χ1) is 9.65. The summed E-state index contributed by atoms with van der Waals surface area (Å²) in [4.78, 5) is 12.9. The molecular weight excluding hydrogens is 273 g/mol. The van der Waals surface area contributed by atoms with Crippen LogP contribution in [0.25, 0.3) is 10.1 Å². The number of carbonyl (C=O) groups excluding carboxylic acids is 1. The van der Waals surface area contributed by atoms with Crippen molar-refractivity contribution in [1.29, 1.82) is 0 Å². The van der Waals surface area contributed by atoms with Gasteiger partial charge in [0.2, 0.25) is 0 Å². The summed E-state index contributed by atoms with van der Waals surface area (Å²) in [5.74, 6) is 0.201. The van der Waals surface area contributed by atoms with Crippen LogP contribution in [0.2, 0.25) is 0 Å². The fourth-order valence-electron chi connectivity index (χ4n) is 2.91. The fraction of sp³-hybridized carbons (Fsp3) is 0.438. The van der Waals surface area contributed by atoms with Gasteiger partial charge in [-0.3, -0.25) is 4.79 Å². The number of hydrogen-bond acceptors (Lipinski definition) is 2. The lowest BCUT2D eigenvalue weighted by atomic mass is 9.86. The molecule has 4 heteroatoms. The Hall–Kier alpha value is -1.42. The predicted octanol–water partition coefficient (Wildman–Crippen LogP) is 4.35. The normalized spacial score (nSPS) is 22.9. The molecule has 1 N–H and O–H groups in total. The minimum atomic E-state index is -0.260. The molecule has 0 radical (unpaired) electrons. The third-order valence-electron chi connectivity index (χ3n) is 4.16. The van der Waals surface area contributed by atoms with E-state index in [-0.39, 0.29) is 17.8 Å². The maximum Gasteiger partial charge on any atom is 0.261 e.